The maximum absolute atomic E-state index is 11.9. The molecule has 108 valence electrons. The topological polar surface area (TPSA) is 58.6 Å². The molecule has 1 aliphatic rings. The van der Waals surface area contributed by atoms with Crippen LogP contribution in [0.3, 0.4) is 0 Å². The Labute approximate surface area is 122 Å². The molecule has 5 nitrogen and oxygen atoms in total. The first-order valence-corrected chi connectivity index (χ1v) is 6.77. The number of carbonyl (C=O) groups is 2. The Morgan fingerprint density at radius 2 is 2.25 bits per heavy atom. The Morgan fingerprint density at radius 3 is 2.95 bits per heavy atom. The van der Waals surface area contributed by atoms with Crippen molar-refractivity contribution in [1.82, 2.24) is 10.2 Å². The number of carbonyl (C=O) groups excluding carboxylic acids is 2. The van der Waals surface area contributed by atoms with Gasteiger partial charge in [0.1, 0.15) is 6.61 Å². The highest BCUT2D eigenvalue weighted by Gasteiger charge is 2.30. The van der Waals surface area contributed by atoms with Gasteiger partial charge in [-0.1, -0.05) is 29.8 Å². The Bertz CT molecular complexity index is 507. The van der Waals surface area contributed by atoms with Crippen molar-refractivity contribution >= 4 is 23.4 Å². The number of rotatable bonds is 5. The van der Waals surface area contributed by atoms with Crippen LogP contribution in [0, 0.1) is 0 Å². The van der Waals surface area contributed by atoms with Crippen molar-refractivity contribution < 1.29 is 14.3 Å². The molecule has 0 saturated carbocycles. The van der Waals surface area contributed by atoms with Gasteiger partial charge in [-0.05, 0) is 11.6 Å². The first-order chi connectivity index (χ1) is 9.60. The fourth-order valence-electron chi connectivity index (χ4n) is 2.25. The second-order valence-electron chi connectivity index (χ2n) is 4.77. The lowest BCUT2D eigenvalue weighted by molar-refractivity contribution is -0.128. The summed E-state index contributed by atoms with van der Waals surface area (Å²) in [7, 11) is 1.46. The standard InChI is InChI=1S/C14H17ClN2O3/c1-20-9-13(18)16-11-6-14(19)17(8-11)7-10-4-2-3-5-12(10)15/h2-5,11H,6-9H2,1H3,(H,16,18). The fraction of sp³-hybridized carbons (Fsp3) is 0.429. The summed E-state index contributed by atoms with van der Waals surface area (Å²) in [6.07, 6.45) is 0.319. The van der Waals surface area contributed by atoms with Gasteiger partial charge in [-0.25, -0.2) is 0 Å². The van der Waals surface area contributed by atoms with E-state index in [1.54, 1.807) is 11.0 Å². The van der Waals surface area contributed by atoms with Crippen molar-refractivity contribution in [2.45, 2.75) is 19.0 Å². The monoisotopic (exact) mass is 296 g/mol. The van der Waals surface area contributed by atoms with Crippen molar-refractivity contribution in [3.05, 3.63) is 34.9 Å². The molecule has 1 saturated heterocycles. The van der Waals surface area contributed by atoms with Crippen molar-refractivity contribution in [1.29, 1.82) is 0 Å². The van der Waals surface area contributed by atoms with Gasteiger partial charge >= 0.3 is 0 Å². The lowest BCUT2D eigenvalue weighted by Gasteiger charge is -2.17. The third kappa shape index (κ3) is 3.71. The highest BCUT2D eigenvalue weighted by Crippen LogP contribution is 2.20. The predicted molar refractivity (Wildman–Crippen MR) is 75.3 cm³/mol. The molecule has 0 aromatic heterocycles. The summed E-state index contributed by atoms with van der Waals surface area (Å²) >= 11 is 6.09. The van der Waals surface area contributed by atoms with E-state index in [0.717, 1.165) is 5.56 Å². The number of methoxy groups -OCH3 is 1. The maximum atomic E-state index is 11.9. The summed E-state index contributed by atoms with van der Waals surface area (Å²) in [6.45, 7) is 0.976. The molecule has 1 aliphatic heterocycles. The lowest BCUT2D eigenvalue weighted by Crippen LogP contribution is -2.38. The molecule has 0 bridgehead atoms. The molecule has 0 aliphatic carbocycles. The summed E-state index contributed by atoms with van der Waals surface area (Å²) < 4.78 is 4.75. The molecule has 1 heterocycles. The number of nitrogens with one attached hydrogen (secondary N) is 1. The third-order valence-electron chi connectivity index (χ3n) is 3.17. The fourth-order valence-corrected chi connectivity index (χ4v) is 2.45. The average Bonchev–Trinajstić information content (AvgIpc) is 2.72. The second-order valence-corrected chi connectivity index (χ2v) is 5.17. The molecule has 2 rings (SSSR count). The molecule has 1 fully saturated rings. The molecule has 1 aromatic rings. The number of hydrogen-bond acceptors (Lipinski definition) is 3. The zero-order chi connectivity index (χ0) is 14.5. The van der Waals surface area contributed by atoms with Gasteiger partial charge in [0.2, 0.25) is 11.8 Å². The van der Waals surface area contributed by atoms with Gasteiger partial charge in [0.15, 0.2) is 0 Å². The zero-order valence-electron chi connectivity index (χ0n) is 11.3. The van der Waals surface area contributed by atoms with Crippen LogP contribution >= 0.6 is 11.6 Å². The van der Waals surface area contributed by atoms with Gasteiger partial charge in [0.25, 0.3) is 0 Å². The summed E-state index contributed by atoms with van der Waals surface area (Å²) in [5.41, 5.74) is 0.909. The van der Waals surface area contributed by atoms with Crippen LogP contribution in [-0.4, -0.2) is 43.0 Å². The summed E-state index contributed by atoms with van der Waals surface area (Å²) in [5.74, 6) is -0.183. The molecule has 6 heteroatoms. The second kappa shape index (κ2) is 6.72. The largest absolute Gasteiger partial charge is 0.375 e. The number of nitrogens with zero attached hydrogens (tertiary/aromatic N) is 1. The molecule has 0 spiro atoms. The third-order valence-corrected chi connectivity index (χ3v) is 3.54. The Balaban J connectivity index is 1.93. The minimum Gasteiger partial charge on any atom is -0.375 e. The summed E-state index contributed by atoms with van der Waals surface area (Å²) in [5, 5.41) is 3.43. The van der Waals surface area contributed by atoms with Gasteiger partial charge in [-0.15, -0.1) is 0 Å². The van der Waals surface area contributed by atoms with Crippen LogP contribution in [0.1, 0.15) is 12.0 Å². The van der Waals surface area contributed by atoms with E-state index >= 15 is 0 Å². The predicted octanol–water partition coefficient (Wildman–Crippen LogP) is 1.20. The van der Waals surface area contributed by atoms with Crippen LogP contribution < -0.4 is 5.32 Å². The first-order valence-electron chi connectivity index (χ1n) is 6.39. The quantitative estimate of drug-likeness (QED) is 0.888. The number of amides is 2. The van der Waals surface area contributed by atoms with Crippen LogP contribution in [0.5, 0.6) is 0 Å². The van der Waals surface area contributed by atoms with Crippen molar-refractivity contribution in [2.24, 2.45) is 0 Å². The Hall–Kier alpha value is -1.59. The van der Waals surface area contributed by atoms with E-state index in [4.69, 9.17) is 16.3 Å². The van der Waals surface area contributed by atoms with E-state index in [-0.39, 0.29) is 24.5 Å². The number of benzene rings is 1. The zero-order valence-corrected chi connectivity index (χ0v) is 12.0. The van der Waals surface area contributed by atoms with E-state index < -0.39 is 0 Å². The number of hydrogen-bond donors (Lipinski definition) is 1. The molecule has 1 unspecified atom stereocenters. The number of likely N-dealkylation sites (tertiary alicyclic amines) is 1. The van der Waals surface area contributed by atoms with Crippen LogP contribution in [0.4, 0.5) is 0 Å². The summed E-state index contributed by atoms with van der Waals surface area (Å²) in [6, 6.07) is 7.28. The summed E-state index contributed by atoms with van der Waals surface area (Å²) in [4.78, 5) is 25.1. The first kappa shape index (κ1) is 14.8. The molecular weight excluding hydrogens is 280 g/mol. The lowest BCUT2D eigenvalue weighted by atomic mass is 10.2. The van der Waals surface area contributed by atoms with E-state index in [2.05, 4.69) is 5.32 Å². The van der Waals surface area contributed by atoms with E-state index in [1.807, 2.05) is 18.2 Å². The smallest absolute Gasteiger partial charge is 0.246 e. The van der Waals surface area contributed by atoms with Gasteiger partial charge in [0, 0.05) is 31.6 Å². The molecular formula is C14H17ClN2O3. The van der Waals surface area contributed by atoms with E-state index in [1.165, 1.54) is 7.11 Å². The van der Waals surface area contributed by atoms with Crippen molar-refractivity contribution in [3.63, 3.8) is 0 Å². The molecule has 0 radical (unpaired) electrons. The maximum Gasteiger partial charge on any atom is 0.246 e. The SMILES string of the molecule is COCC(=O)NC1CC(=O)N(Cc2ccccc2Cl)C1. The average molecular weight is 297 g/mol. The van der Waals surface area contributed by atoms with Crippen LogP contribution in [0.25, 0.3) is 0 Å². The van der Waals surface area contributed by atoms with E-state index in [9.17, 15) is 9.59 Å². The van der Waals surface area contributed by atoms with Gasteiger partial charge in [0.05, 0.1) is 6.04 Å². The van der Waals surface area contributed by atoms with Gasteiger partial charge in [-0.3, -0.25) is 9.59 Å². The molecule has 20 heavy (non-hydrogen) atoms. The Morgan fingerprint density at radius 1 is 1.50 bits per heavy atom. The Kier molecular flexibility index (Phi) is 4.98. The number of halogens is 1. The molecule has 1 N–H and O–H groups in total. The minimum absolute atomic E-state index is 0.00913. The van der Waals surface area contributed by atoms with Crippen molar-refractivity contribution in [2.75, 3.05) is 20.3 Å². The molecule has 2 amide bonds. The van der Waals surface area contributed by atoms with Crippen LogP contribution in [-0.2, 0) is 20.9 Å². The van der Waals surface area contributed by atoms with Crippen LogP contribution in [0.2, 0.25) is 5.02 Å². The van der Waals surface area contributed by atoms with E-state index in [0.29, 0.717) is 24.5 Å². The van der Waals surface area contributed by atoms with Gasteiger partial charge < -0.3 is 15.0 Å². The van der Waals surface area contributed by atoms with Crippen molar-refractivity contribution in [3.8, 4) is 0 Å². The minimum atomic E-state index is -0.204. The molecule has 1 atom stereocenters. The molecule has 1 aromatic carbocycles. The highest BCUT2D eigenvalue weighted by atomic mass is 35.5. The van der Waals surface area contributed by atoms with Crippen LogP contribution in [0.15, 0.2) is 24.3 Å². The number of ether oxygens (including phenoxy) is 1. The highest BCUT2D eigenvalue weighted by molar-refractivity contribution is 6.31. The van der Waals surface area contributed by atoms with Gasteiger partial charge in [-0.2, -0.15) is 0 Å². The normalized spacial score (nSPS) is 18.4.